The lowest BCUT2D eigenvalue weighted by atomic mass is 9.87. The number of nitriles is 1. The highest BCUT2D eigenvalue weighted by molar-refractivity contribution is 6.09. The van der Waals surface area contributed by atoms with Crippen molar-refractivity contribution in [3.05, 3.63) is 58.9 Å². The molecule has 120 valence electrons. The number of carbonyl (C=O) groups is 1. The van der Waals surface area contributed by atoms with Crippen molar-refractivity contribution in [2.24, 2.45) is 0 Å². The molecule has 1 aromatic heterocycles. The topological polar surface area (TPSA) is 86.0 Å². The lowest BCUT2D eigenvalue weighted by Crippen LogP contribution is -2.14. The predicted octanol–water partition coefficient (Wildman–Crippen LogP) is 3.21. The molecule has 24 heavy (non-hydrogen) atoms. The summed E-state index contributed by atoms with van der Waals surface area (Å²) in [4.78, 5) is 16.2. The van der Waals surface area contributed by atoms with Gasteiger partial charge < -0.3 is 10.4 Å². The summed E-state index contributed by atoms with van der Waals surface area (Å²) in [6.45, 7) is 0. The maximum Gasteiger partial charge on any atom is 0.266 e. The van der Waals surface area contributed by atoms with E-state index in [-0.39, 0.29) is 5.57 Å². The Bertz CT molecular complexity index is 836. The summed E-state index contributed by atoms with van der Waals surface area (Å²) in [5, 5.41) is 22.0. The van der Waals surface area contributed by atoms with Crippen LogP contribution in [0.2, 0.25) is 0 Å². The Morgan fingerprint density at radius 1 is 1.25 bits per heavy atom. The second-order valence-corrected chi connectivity index (χ2v) is 5.70. The van der Waals surface area contributed by atoms with Gasteiger partial charge in [-0.1, -0.05) is 6.07 Å². The first kappa shape index (κ1) is 15.8. The van der Waals surface area contributed by atoms with Crippen LogP contribution >= 0.6 is 0 Å². The Hall–Kier alpha value is -3.13. The van der Waals surface area contributed by atoms with Gasteiger partial charge in [0.15, 0.2) is 0 Å². The highest BCUT2D eigenvalue weighted by atomic mass is 16.3. The van der Waals surface area contributed by atoms with Crippen LogP contribution in [0.4, 0.5) is 5.69 Å². The molecular weight excluding hydrogens is 302 g/mol. The van der Waals surface area contributed by atoms with Crippen molar-refractivity contribution in [1.29, 1.82) is 5.26 Å². The molecule has 1 heterocycles. The lowest BCUT2D eigenvalue weighted by Gasteiger charge is -2.19. The van der Waals surface area contributed by atoms with Crippen LogP contribution in [0.15, 0.2) is 42.2 Å². The third-order valence-electron chi connectivity index (χ3n) is 4.13. The average Bonchev–Trinajstić information content (AvgIpc) is 2.62. The maximum atomic E-state index is 12.3. The molecule has 5 heteroatoms. The first-order valence-corrected chi connectivity index (χ1v) is 7.86. The van der Waals surface area contributed by atoms with E-state index in [1.807, 2.05) is 6.07 Å². The van der Waals surface area contributed by atoms with Crippen molar-refractivity contribution in [3.8, 4) is 11.8 Å². The van der Waals surface area contributed by atoms with Gasteiger partial charge in [-0.3, -0.25) is 9.78 Å². The van der Waals surface area contributed by atoms with Crippen molar-refractivity contribution in [2.75, 3.05) is 5.32 Å². The number of hydrogen-bond donors (Lipinski definition) is 2. The second kappa shape index (κ2) is 6.97. The molecule has 0 aliphatic heterocycles. The molecule has 1 aliphatic rings. The number of carbonyl (C=O) groups excluding carboxylic acids is 1. The predicted molar refractivity (Wildman–Crippen MR) is 91.2 cm³/mol. The Kier molecular flexibility index (Phi) is 4.57. The number of rotatable bonds is 3. The number of nitrogens with zero attached hydrogens (tertiary/aromatic N) is 2. The van der Waals surface area contributed by atoms with Gasteiger partial charge >= 0.3 is 0 Å². The van der Waals surface area contributed by atoms with Crippen LogP contribution in [0.1, 0.15) is 29.5 Å². The minimum atomic E-state index is -0.469. The number of phenols is 1. The molecule has 0 spiro atoms. The van der Waals surface area contributed by atoms with Gasteiger partial charge in [-0.25, -0.2) is 0 Å². The van der Waals surface area contributed by atoms with Crippen molar-refractivity contribution < 1.29 is 9.90 Å². The van der Waals surface area contributed by atoms with E-state index >= 15 is 0 Å². The fourth-order valence-corrected chi connectivity index (χ4v) is 2.95. The number of anilines is 1. The Morgan fingerprint density at radius 3 is 2.75 bits per heavy atom. The quantitative estimate of drug-likeness (QED) is 0.672. The number of aromatic hydroxyl groups is 1. The van der Waals surface area contributed by atoms with Crippen molar-refractivity contribution in [3.63, 3.8) is 0 Å². The van der Waals surface area contributed by atoms with Gasteiger partial charge in [0.25, 0.3) is 5.91 Å². The number of phenolic OH excluding ortho intramolecular Hbond substituents is 1. The molecule has 5 nitrogen and oxygen atoms in total. The highest BCUT2D eigenvalue weighted by Crippen LogP contribution is 2.32. The summed E-state index contributed by atoms with van der Waals surface area (Å²) in [5.74, 6) is -0.177. The van der Waals surface area contributed by atoms with Gasteiger partial charge in [-0.2, -0.15) is 5.26 Å². The Labute approximate surface area is 140 Å². The molecule has 1 amide bonds. The highest BCUT2D eigenvalue weighted by Gasteiger charge is 2.17. The lowest BCUT2D eigenvalue weighted by molar-refractivity contribution is -0.112. The zero-order valence-electron chi connectivity index (χ0n) is 13.1. The Morgan fingerprint density at radius 2 is 2.04 bits per heavy atom. The van der Waals surface area contributed by atoms with E-state index in [2.05, 4.69) is 10.3 Å². The van der Waals surface area contributed by atoms with Gasteiger partial charge in [0, 0.05) is 6.20 Å². The molecular formula is C19H17N3O2. The van der Waals surface area contributed by atoms with E-state index in [1.54, 1.807) is 36.5 Å². The first-order chi connectivity index (χ1) is 11.7. The normalized spacial score (nSPS) is 13.7. The molecule has 0 unspecified atom stereocenters. The van der Waals surface area contributed by atoms with E-state index in [4.69, 9.17) is 0 Å². The van der Waals surface area contributed by atoms with E-state index in [1.165, 1.54) is 6.20 Å². The van der Waals surface area contributed by atoms with Crippen LogP contribution in [0, 0.1) is 11.3 Å². The minimum absolute atomic E-state index is 0.0253. The summed E-state index contributed by atoms with van der Waals surface area (Å²) in [7, 11) is 0. The van der Waals surface area contributed by atoms with Crippen LogP contribution in [0.25, 0.3) is 6.08 Å². The number of amides is 1. The molecule has 0 radical (unpaired) electrons. The van der Waals surface area contributed by atoms with E-state index < -0.39 is 5.91 Å². The van der Waals surface area contributed by atoms with E-state index in [9.17, 15) is 15.2 Å². The second-order valence-electron chi connectivity index (χ2n) is 5.70. The van der Waals surface area contributed by atoms with Crippen molar-refractivity contribution in [1.82, 2.24) is 4.98 Å². The molecule has 3 rings (SSSR count). The zero-order valence-corrected chi connectivity index (χ0v) is 13.1. The van der Waals surface area contributed by atoms with E-state index in [0.29, 0.717) is 11.4 Å². The average molecular weight is 319 g/mol. The van der Waals surface area contributed by atoms with E-state index in [0.717, 1.165) is 42.4 Å². The third-order valence-corrected chi connectivity index (χ3v) is 4.13. The first-order valence-electron chi connectivity index (χ1n) is 7.86. The van der Waals surface area contributed by atoms with Crippen LogP contribution < -0.4 is 5.32 Å². The van der Waals surface area contributed by atoms with Crippen LogP contribution in [-0.2, 0) is 17.6 Å². The molecule has 0 saturated heterocycles. The molecule has 0 bridgehead atoms. The Balaban J connectivity index is 1.91. The van der Waals surface area contributed by atoms with Gasteiger partial charge in [0.2, 0.25) is 0 Å². The fourth-order valence-electron chi connectivity index (χ4n) is 2.95. The van der Waals surface area contributed by atoms with Crippen LogP contribution in [-0.4, -0.2) is 16.0 Å². The maximum absolute atomic E-state index is 12.3. The number of hydrogen-bond acceptors (Lipinski definition) is 4. The SMILES string of the molecule is N#CC(=Cc1ccc(O)c2c1CCCC2)C(=O)Nc1cccnc1. The minimum Gasteiger partial charge on any atom is -0.508 e. The summed E-state index contributed by atoms with van der Waals surface area (Å²) in [6.07, 6.45) is 8.48. The smallest absolute Gasteiger partial charge is 0.266 e. The van der Waals surface area contributed by atoms with Crippen molar-refractivity contribution in [2.45, 2.75) is 25.7 Å². The molecule has 2 N–H and O–H groups in total. The number of fused-ring (bicyclic) bond motifs is 1. The molecule has 2 aromatic rings. The van der Waals surface area contributed by atoms with Crippen LogP contribution in [0.3, 0.4) is 0 Å². The molecule has 0 atom stereocenters. The number of aromatic nitrogens is 1. The molecule has 1 aromatic carbocycles. The third kappa shape index (κ3) is 3.28. The number of nitrogens with one attached hydrogen (secondary N) is 1. The number of benzene rings is 1. The summed E-state index contributed by atoms with van der Waals surface area (Å²) in [6, 6.07) is 8.77. The van der Waals surface area contributed by atoms with Gasteiger partial charge in [-0.15, -0.1) is 0 Å². The van der Waals surface area contributed by atoms with Crippen LogP contribution in [0.5, 0.6) is 5.75 Å². The summed E-state index contributed by atoms with van der Waals surface area (Å²) < 4.78 is 0. The van der Waals surface area contributed by atoms with Gasteiger partial charge in [0.05, 0.1) is 11.9 Å². The molecule has 0 fully saturated rings. The fraction of sp³-hybridized carbons (Fsp3) is 0.211. The largest absolute Gasteiger partial charge is 0.508 e. The van der Waals surface area contributed by atoms with Crippen molar-refractivity contribution >= 4 is 17.7 Å². The summed E-state index contributed by atoms with van der Waals surface area (Å²) in [5.41, 5.74) is 3.34. The standard InChI is InChI=1S/C19H17N3O2/c20-11-14(19(24)22-15-4-3-9-21-12-15)10-13-7-8-18(23)17-6-2-1-5-16(13)17/h3-4,7-10,12,23H,1-2,5-6H2,(H,22,24). The molecule has 0 saturated carbocycles. The monoisotopic (exact) mass is 319 g/mol. The van der Waals surface area contributed by atoms with Gasteiger partial charge in [0.1, 0.15) is 17.4 Å². The molecule has 1 aliphatic carbocycles. The zero-order chi connectivity index (χ0) is 16.9. The number of pyridine rings is 1. The summed E-state index contributed by atoms with van der Waals surface area (Å²) >= 11 is 0. The van der Waals surface area contributed by atoms with Gasteiger partial charge in [-0.05, 0) is 66.6 Å².